The van der Waals surface area contributed by atoms with E-state index in [1.807, 2.05) is 13.8 Å². The number of nitrogens with zero attached hydrogens (tertiary/aromatic N) is 1. The van der Waals surface area contributed by atoms with Gasteiger partial charge in [-0.2, -0.15) is 5.26 Å². The first kappa shape index (κ1) is 9.53. The van der Waals surface area contributed by atoms with E-state index in [0.717, 1.165) is 0 Å². The first-order chi connectivity index (χ1) is 6.07. The van der Waals surface area contributed by atoms with Gasteiger partial charge in [-0.3, -0.25) is 0 Å². The van der Waals surface area contributed by atoms with Crippen LogP contribution in [-0.2, 0) is 0 Å². The monoisotopic (exact) mass is 178 g/mol. The maximum Gasteiger partial charge on any atom is 0.146 e. The SMILES string of the molecule is CC(C)c1ccc(N)c(C#N)c1F. The molecule has 13 heavy (non-hydrogen) atoms. The zero-order valence-electron chi connectivity index (χ0n) is 7.63. The first-order valence-electron chi connectivity index (χ1n) is 4.06. The highest BCUT2D eigenvalue weighted by Gasteiger charge is 2.13. The van der Waals surface area contributed by atoms with E-state index in [2.05, 4.69) is 0 Å². The number of nitrogens with two attached hydrogens (primary N) is 1. The smallest absolute Gasteiger partial charge is 0.146 e. The Kier molecular flexibility index (Phi) is 2.52. The molecule has 2 N–H and O–H groups in total. The minimum atomic E-state index is -0.488. The van der Waals surface area contributed by atoms with Gasteiger partial charge in [-0.1, -0.05) is 19.9 Å². The van der Waals surface area contributed by atoms with E-state index in [4.69, 9.17) is 11.0 Å². The average Bonchev–Trinajstić information content (AvgIpc) is 2.04. The van der Waals surface area contributed by atoms with Crippen molar-refractivity contribution in [1.82, 2.24) is 0 Å². The summed E-state index contributed by atoms with van der Waals surface area (Å²) in [4.78, 5) is 0. The van der Waals surface area contributed by atoms with Crippen molar-refractivity contribution in [3.8, 4) is 6.07 Å². The molecule has 1 rings (SSSR count). The molecule has 0 fully saturated rings. The van der Waals surface area contributed by atoms with Gasteiger partial charge in [-0.05, 0) is 17.5 Å². The van der Waals surface area contributed by atoms with Gasteiger partial charge in [0.1, 0.15) is 17.4 Å². The molecule has 0 aromatic heterocycles. The molecule has 0 saturated carbocycles. The van der Waals surface area contributed by atoms with E-state index in [1.54, 1.807) is 18.2 Å². The van der Waals surface area contributed by atoms with Crippen LogP contribution in [0.4, 0.5) is 10.1 Å². The lowest BCUT2D eigenvalue weighted by Gasteiger charge is -2.08. The number of nitrogen functional groups attached to an aromatic ring is 1. The highest BCUT2D eigenvalue weighted by atomic mass is 19.1. The Morgan fingerprint density at radius 3 is 2.54 bits per heavy atom. The molecular formula is C10H11FN2. The van der Waals surface area contributed by atoms with Crippen molar-refractivity contribution in [2.75, 3.05) is 5.73 Å². The van der Waals surface area contributed by atoms with Gasteiger partial charge in [0.15, 0.2) is 0 Å². The number of benzene rings is 1. The Balaban J connectivity index is 3.38. The number of hydrogen-bond acceptors (Lipinski definition) is 2. The van der Waals surface area contributed by atoms with Gasteiger partial charge in [0.05, 0.1) is 5.69 Å². The summed E-state index contributed by atoms with van der Waals surface area (Å²) in [5.74, 6) is -0.426. The zero-order valence-corrected chi connectivity index (χ0v) is 7.63. The Morgan fingerprint density at radius 1 is 1.46 bits per heavy atom. The quantitative estimate of drug-likeness (QED) is 0.671. The molecule has 0 unspecified atom stereocenters. The second-order valence-corrected chi connectivity index (χ2v) is 3.20. The maximum atomic E-state index is 13.5. The highest BCUT2D eigenvalue weighted by molar-refractivity contribution is 5.56. The minimum absolute atomic E-state index is 0.0498. The van der Waals surface area contributed by atoms with Crippen molar-refractivity contribution in [3.63, 3.8) is 0 Å². The number of halogens is 1. The second-order valence-electron chi connectivity index (χ2n) is 3.20. The van der Waals surface area contributed by atoms with Crippen LogP contribution in [0.3, 0.4) is 0 Å². The van der Waals surface area contributed by atoms with Gasteiger partial charge in [0.2, 0.25) is 0 Å². The summed E-state index contributed by atoms with van der Waals surface area (Å²) in [6, 6.07) is 4.95. The summed E-state index contributed by atoms with van der Waals surface area (Å²) >= 11 is 0. The van der Waals surface area contributed by atoms with Gasteiger partial charge >= 0.3 is 0 Å². The predicted molar refractivity (Wildman–Crippen MR) is 49.6 cm³/mol. The Bertz CT molecular complexity index is 364. The van der Waals surface area contributed by atoms with Gasteiger partial charge in [-0.25, -0.2) is 4.39 Å². The average molecular weight is 178 g/mol. The van der Waals surface area contributed by atoms with Gasteiger partial charge in [-0.15, -0.1) is 0 Å². The van der Waals surface area contributed by atoms with Gasteiger partial charge in [0.25, 0.3) is 0 Å². The summed E-state index contributed by atoms with van der Waals surface area (Å²) in [7, 11) is 0. The third-order valence-corrected chi connectivity index (χ3v) is 1.94. The molecule has 0 radical (unpaired) electrons. The van der Waals surface area contributed by atoms with Crippen molar-refractivity contribution in [3.05, 3.63) is 29.1 Å². The van der Waals surface area contributed by atoms with Crippen LogP contribution >= 0.6 is 0 Å². The second kappa shape index (κ2) is 3.44. The molecule has 1 aromatic carbocycles. The number of hydrogen-bond donors (Lipinski definition) is 1. The third-order valence-electron chi connectivity index (χ3n) is 1.94. The Hall–Kier alpha value is -1.56. The standard InChI is InChI=1S/C10H11FN2/c1-6(2)7-3-4-9(13)8(5-12)10(7)11/h3-4,6H,13H2,1-2H3. The van der Waals surface area contributed by atoms with E-state index < -0.39 is 5.82 Å². The predicted octanol–water partition coefficient (Wildman–Crippen LogP) is 2.40. The fourth-order valence-corrected chi connectivity index (χ4v) is 1.17. The van der Waals surface area contributed by atoms with E-state index in [9.17, 15) is 4.39 Å². The molecule has 0 aliphatic carbocycles. The van der Waals surface area contributed by atoms with Gasteiger partial charge in [0, 0.05) is 0 Å². The summed E-state index contributed by atoms with van der Waals surface area (Å²) < 4.78 is 13.5. The van der Waals surface area contributed by atoms with Gasteiger partial charge < -0.3 is 5.73 Å². The Labute approximate surface area is 76.8 Å². The molecule has 0 atom stereocenters. The highest BCUT2D eigenvalue weighted by Crippen LogP contribution is 2.24. The molecule has 0 spiro atoms. The summed E-state index contributed by atoms with van der Waals surface area (Å²) in [5, 5.41) is 8.64. The van der Waals surface area contributed by atoms with Crippen LogP contribution in [0, 0.1) is 17.1 Å². The molecule has 68 valence electrons. The van der Waals surface area contributed by atoms with Crippen LogP contribution in [-0.4, -0.2) is 0 Å². The van der Waals surface area contributed by atoms with Crippen LogP contribution in [0.1, 0.15) is 30.9 Å². The third kappa shape index (κ3) is 1.62. The minimum Gasteiger partial charge on any atom is -0.398 e. The number of rotatable bonds is 1. The van der Waals surface area contributed by atoms with Crippen molar-refractivity contribution in [2.24, 2.45) is 0 Å². The molecule has 1 aromatic rings. The zero-order chi connectivity index (χ0) is 10.0. The fraction of sp³-hybridized carbons (Fsp3) is 0.300. The molecule has 0 bridgehead atoms. The number of anilines is 1. The van der Waals surface area contributed by atoms with Crippen LogP contribution in [0.2, 0.25) is 0 Å². The van der Waals surface area contributed by atoms with Crippen LogP contribution < -0.4 is 5.73 Å². The van der Waals surface area contributed by atoms with E-state index in [-0.39, 0.29) is 17.2 Å². The Morgan fingerprint density at radius 2 is 2.08 bits per heavy atom. The normalized spacial score (nSPS) is 10.1. The van der Waals surface area contributed by atoms with Crippen molar-refractivity contribution in [1.29, 1.82) is 5.26 Å². The molecule has 0 saturated heterocycles. The van der Waals surface area contributed by atoms with E-state index in [0.29, 0.717) is 5.56 Å². The van der Waals surface area contributed by atoms with Crippen molar-refractivity contribution >= 4 is 5.69 Å². The summed E-state index contributed by atoms with van der Waals surface area (Å²) in [6.45, 7) is 3.74. The number of nitriles is 1. The van der Waals surface area contributed by atoms with Crippen LogP contribution in [0.25, 0.3) is 0 Å². The fourth-order valence-electron chi connectivity index (χ4n) is 1.17. The van der Waals surface area contributed by atoms with E-state index >= 15 is 0 Å². The lowest BCUT2D eigenvalue weighted by molar-refractivity contribution is 0.595. The molecule has 0 aliphatic heterocycles. The van der Waals surface area contributed by atoms with Crippen molar-refractivity contribution < 1.29 is 4.39 Å². The molecule has 3 heteroatoms. The largest absolute Gasteiger partial charge is 0.398 e. The van der Waals surface area contributed by atoms with E-state index in [1.165, 1.54) is 0 Å². The molecule has 0 aliphatic rings. The molecule has 0 amide bonds. The van der Waals surface area contributed by atoms with Crippen LogP contribution in [0.5, 0.6) is 0 Å². The topological polar surface area (TPSA) is 49.8 Å². The lowest BCUT2D eigenvalue weighted by Crippen LogP contribution is -2.00. The van der Waals surface area contributed by atoms with Crippen LogP contribution in [0.15, 0.2) is 12.1 Å². The first-order valence-corrected chi connectivity index (χ1v) is 4.06. The van der Waals surface area contributed by atoms with Crippen molar-refractivity contribution in [2.45, 2.75) is 19.8 Å². The maximum absolute atomic E-state index is 13.5. The lowest BCUT2D eigenvalue weighted by atomic mass is 9.99. The molecule has 2 nitrogen and oxygen atoms in total. The summed E-state index contributed by atoms with van der Waals surface area (Å²) in [5.41, 5.74) is 6.12. The molecule has 0 heterocycles. The molecular weight excluding hydrogens is 167 g/mol. The summed E-state index contributed by atoms with van der Waals surface area (Å²) in [6.07, 6.45) is 0.